The van der Waals surface area contributed by atoms with Crippen LogP contribution in [0.3, 0.4) is 0 Å². The minimum absolute atomic E-state index is 0.0531. The summed E-state index contributed by atoms with van der Waals surface area (Å²) in [6.07, 6.45) is 12.3. The quantitative estimate of drug-likeness (QED) is 0.490. The summed E-state index contributed by atoms with van der Waals surface area (Å²) in [4.78, 5) is 32.0. The van der Waals surface area contributed by atoms with E-state index < -0.39 is 0 Å². The number of fused-ring (bicyclic) bond motifs is 3. The Hall–Kier alpha value is -2.74. The Morgan fingerprint density at radius 3 is 2.80 bits per heavy atom. The number of aromatic nitrogens is 1. The number of carbonyl (C=O) groups excluding carboxylic acids is 2. The van der Waals surface area contributed by atoms with Crippen LogP contribution in [0.15, 0.2) is 53.6 Å². The molecule has 0 saturated heterocycles. The Bertz CT molecular complexity index is 1400. The molecule has 0 aromatic carbocycles. The number of allylic oxidation sites excluding steroid dienone is 3. The van der Waals surface area contributed by atoms with Crippen molar-refractivity contribution in [1.29, 1.82) is 0 Å². The second-order valence-corrected chi connectivity index (χ2v) is 11.6. The van der Waals surface area contributed by atoms with E-state index in [4.69, 9.17) is 0 Å². The number of carbonyl (C=O) groups is 2. The van der Waals surface area contributed by atoms with Crippen LogP contribution >= 0.6 is 22.7 Å². The lowest BCUT2D eigenvalue weighted by Crippen LogP contribution is -2.48. The zero-order valence-corrected chi connectivity index (χ0v) is 21.9. The Kier molecular flexibility index (Phi) is 5.66. The maximum atomic E-state index is 13.7. The molecular weight excluding hydrogens is 474 g/mol. The van der Waals surface area contributed by atoms with Gasteiger partial charge in [-0.05, 0) is 61.5 Å². The van der Waals surface area contributed by atoms with E-state index in [-0.39, 0.29) is 23.8 Å². The molecule has 0 radical (unpaired) electrons. The summed E-state index contributed by atoms with van der Waals surface area (Å²) >= 11 is 3.25. The molecule has 6 rings (SSSR count). The normalized spacial score (nSPS) is 21.2. The zero-order valence-electron chi connectivity index (χ0n) is 20.3. The van der Waals surface area contributed by atoms with E-state index >= 15 is 0 Å². The average molecular weight is 504 g/mol. The number of hydrogen-bond donors (Lipinski definition) is 0. The van der Waals surface area contributed by atoms with Crippen LogP contribution in [0.2, 0.25) is 0 Å². The summed E-state index contributed by atoms with van der Waals surface area (Å²) in [7, 11) is 2.12. The Morgan fingerprint density at radius 2 is 2.03 bits per heavy atom. The molecule has 0 bridgehead atoms. The van der Waals surface area contributed by atoms with Crippen LogP contribution in [0.25, 0.3) is 15.0 Å². The third kappa shape index (κ3) is 3.60. The van der Waals surface area contributed by atoms with Crippen LogP contribution in [-0.4, -0.2) is 58.9 Å². The Balaban J connectivity index is 1.43. The molecule has 35 heavy (non-hydrogen) atoms. The zero-order chi connectivity index (χ0) is 24.3. The molecule has 1 amide bonds. The maximum Gasteiger partial charge on any atom is 0.272 e. The van der Waals surface area contributed by atoms with Gasteiger partial charge in [0.25, 0.3) is 5.91 Å². The van der Waals surface area contributed by atoms with Crippen molar-refractivity contribution in [3.8, 4) is 0 Å². The molecule has 4 heterocycles. The minimum atomic E-state index is -0.146. The third-order valence-corrected chi connectivity index (χ3v) is 9.69. The third-order valence-electron chi connectivity index (χ3n) is 7.61. The molecule has 3 aromatic heterocycles. The molecule has 5 nitrogen and oxygen atoms in total. The minimum Gasteiger partial charge on any atom is -0.343 e. The predicted octanol–water partition coefficient (Wildman–Crippen LogP) is 5.23. The second-order valence-electron chi connectivity index (χ2n) is 9.52. The molecule has 0 saturated carbocycles. The molecule has 3 aromatic rings. The first-order chi connectivity index (χ1) is 17.0. The van der Waals surface area contributed by atoms with Gasteiger partial charge >= 0.3 is 0 Å². The maximum absolute atomic E-state index is 13.7. The molecule has 0 unspecified atom stereocenters. The SMILES string of the molecule is CCN(CC)C(=O)[C@@H]1C=C2C3=CC=CCc4c3c(cn4C(=O)c3cc4sccc4s3)C[C@H]2N(C)C1. The van der Waals surface area contributed by atoms with E-state index in [9.17, 15) is 9.59 Å². The standard InChI is InChI=1S/C28H29N3O2S2/c1-4-30(5-2)27(32)18-12-20-19-8-6-7-9-21-26(19)17(13-22(20)29(3)15-18)16-31(21)28(33)25-14-24-23(35-25)10-11-34-24/h6-8,10-12,14,16,18,22H,4-5,9,13,15H2,1-3H3/t18-,22-/m1/s1. The molecule has 0 spiro atoms. The number of nitrogens with zero attached hydrogens (tertiary/aromatic N) is 3. The van der Waals surface area contributed by atoms with Crippen molar-refractivity contribution < 1.29 is 9.59 Å². The van der Waals surface area contributed by atoms with Gasteiger partial charge in [0.05, 0.1) is 10.8 Å². The molecule has 3 aliphatic rings. The highest BCUT2D eigenvalue weighted by Gasteiger charge is 2.39. The first-order valence-corrected chi connectivity index (χ1v) is 14.0. The number of likely N-dealkylation sites (N-methyl/N-ethyl adjacent to an activating group) is 1. The predicted molar refractivity (Wildman–Crippen MR) is 144 cm³/mol. The first-order valence-electron chi connectivity index (χ1n) is 12.3. The Morgan fingerprint density at radius 1 is 1.20 bits per heavy atom. The highest BCUT2D eigenvalue weighted by molar-refractivity contribution is 7.27. The van der Waals surface area contributed by atoms with Crippen molar-refractivity contribution in [2.75, 3.05) is 26.7 Å². The van der Waals surface area contributed by atoms with Crippen LogP contribution in [0, 0.1) is 5.92 Å². The van der Waals surface area contributed by atoms with E-state index in [1.807, 2.05) is 29.4 Å². The van der Waals surface area contributed by atoms with Crippen LogP contribution in [0.5, 0.6) is 0 Å². The first kappa shape index (κ1) is 22.7. The Labute approximate surface area is 213 Å². The van der Waals surface area contributed by atoms with Gasteiger partial charge in [-0.1, -0.05) is 24.3 Å². The van der Waals surface area contributed by atoms with Crippen LogP contribution in [0.1, 0.15) is 40.3 Å². The highest BCUT2D eigenvalue weighted by Crippen LogP contribution is 2.44. The van der Waals surface area contributed by atoms with Gasteiger partial charge < -0.3 is 4.90 Å². The number of amides is 1. The van der Waals surface area contributed by atoms with Gasteiger partial charge in [-0.15, -0.1) is 22.7 Å². The van der Waals surface area contributed by atoms with Gasteiger partial charge in [0.2, 0.25) is 5.91 Å². The van der Waals surface area contributed by atoms with Gasteiger partial charge in [0, 0.05) is 59.0 Å². The molecule has 2 aliphatic carbocycles. The fourth-order valence-corrected chi connectivity index (χ4v) is 7.89. The summed E-state index contributed by atoms with van der Waals surface area (Å²) in [5, 5.41) is 2.07. The monoisotopic (exact) mass is 503 g/mol. The van der Waals surface area contributed by atoms with Crippen molar-refractivity contribution in [3.05, 3.63) is 75.3 Å². The molecule has 2 atom stereocenters. The van der Waals surface area contributed by atoms with Crippen molar-refractivity contribution in [2.24, 2.45) is 5.92 Å². The lowest BCUT2D eigenvalue weighted by Gasteiger charge is -2.41. The fraction of sp³-hybridized carbons (Fsp3) is 0.357. The van der Waals surface area contributed by atoms with Crippen molar-refractivity contribution in [2.45, 2.75) is 32.7 Å². The second kappa shape index (κ2) is 8.73. The average Bonchev–Trinajstić information content (AvgIpc) is 3.51. The van der Waals surface area contributed by atoms with E-state index in [0.717, 1.165) is 43.0 Å². The molecule has 7 heteroatoms. The molecule has 180 valence electrons. The van der Waals surface area contributed by atoms with Crippen molar-refractivity contribution in [3.63, 3.8) is 0 Å². The summed E-state index contributed by atoms with van der Waals surface area (Å²) in [5.74, 6) is 0.110. The van der Waals surface area contributed by atoms with Gasteiger partial charge in [0.15, 0.2) is 0 Å². The molecule has 0 fully saturated rings. The van der Waals surface area contributed by atoms with E-state index in [1.165, 1.54) is 31.7 Å². The highest BCUT2D eigenvalue weighted by atomic mass is 32.1. The van der Waals surface area contributed by atoms with Gasteiger partial charge in [0.1, 0.15) is 0 Å². The van der Waals surface area contributed by atoms with Gasteiger partial charge in [-0.2, -0.15) is 0 Å². The topological polar surface area (TPSA) is 45.6 Å². The van der Waals surface area contributed by atoms with Crippen LogP contribution < -0.4 is 0 Å². The van der Waals surface area contributed by atoms with E-state index in [2.05, 4.69) is 53.9 Å². The summed E-state index contributed by atoms with van der Waals surface area (Å²) in [6.45, 7) is 6.26. The van der Waals surface area contributed by atoms with Crippen molar-refractivity contribution in [1.82, 2.24) is 14.4 Å². The summed E-state index contributed by atoms with van der Waals surface area (Å²) in [5.41, 5.74) is 5.87. The molecule has 1 aliphatic heterocycles. The summed E-state index contributed by atoms with van der Waals surface area (Å²) in [6, 6.07) is 4.33. The van der Waals surface area contributed by atoms with Gasteiger partial charge in [-0.3, -0.25) is 19.1 Å². The number of rotatable bonds is 4. The smallest absolute Gasteiger partial charge is 0.272 e. The summed E-state index contributed by atoms with van der Waals surface area (Å²) < 4.78 is 4.23. The number of hydrogen-bond acceptors (Lipinski definition) is 5. The van der Waals surface area contributed by atoms with Crippen LogP contribution in [0.4, 0.5) is 0 Å². The molecular formula is C28H29N3O2S2. The largest absolute Gasteiger partial charge is 0.343 e. The van der Waals surface area contributed by atoms with E-state index in [1.54, 1.807) is 22.7 Å². The fourth-order valence-electron chi connectivity index (χ4n) is 5.84. The van der Waals surface area contributed by atoms with Gasteiger partial charge in [-0.25, -0.2) is 0 Å². The van der Waals surface area contributed by atoms with E-state index in [0.29, 0.717) is 0 Å². The number of thiophene rings is 2. The molecule has 0 N–H and O–H groups in total. The lowest BCUT2D eigenvalue weighted by molar-refractivity contribution is -0.134. The van der Waals surface area contributed by atoms with Crippen LogP contribution in [-0.2, 0) is 17.6 Å². The van der Waals surface area contributed by atoms with Crippen molar-refractivity contribution >= 4 is 49.5 Å². The lowest BCUT2D eigenvalue weighted by atomic mass is 9.77.